The van der Waals surface area contributed by atoms with E-state index in [0.717, 1.165) is 23.4 Å². The number of rotatable bonds is 7. The standard InChI is InChI=1S/C25H23F3N6O3S/c1-14(35)31-24-34-22-19(3-2-4-20(22)38-24)37-21-11-18(15-5-7-16(8-6-15)25(26,27)28)32-23(33-21)30-13-17-12-29-9-10-36-17/h2-8,11,17,29H,9-10,12-13H2,1H3,(H,30,32,33)(H,31,34,35)/t17-/m0/s1. The molecule has 2 aromatic carbocycles. The van der Waals surface area contributed by atoms with Crippen molar-refractivity contribution in [1.82, 2.24) is 20.3 Å². The monoisotopic (exact) mass is 544 g/mol. The lowest BCUT2D eigenvalue weighted by Gasteiger charge is -2.23. The molecule has 0 bridgehead atoms. The highest BCUT2D eigenvalue weighted by Gasteiger charge is 2.30. The van der Waals surface area contributed by atoms with Crippen LogP contribution in [0.3, 0.4) is 0 Å². The van der Waals surface area contributed by atoms with Crippen LogP contribution in [0.25, 0.3) is 21.5 Å². The Morgan fingerprint density at radius 2 is 2.00 bits per heavy atom. The van der Waals surface area contributed by atoms with Crippen molar-refractivity contribution in [2.75, 3.05) is 36.9 Å². The minimum atomic E-state index is -4.44. The van der Waals surface area contributed by atoms with Crippen molar-refractivity contribution in [3.8, 4) is 22.9 Å². The van der Waals surface area contributed by atoms with Gasteiger partial charge in [0.2, 0.25) is 17.7 Å². The Morgan fingerprint density at radius 3 is 2.71 bits per heavy atom. The largest absolute Gasteiger partial charge is 0.437 e. The molecule has 0 spiro atoms. The maximum absolute atomic E-state index is 13.1. The molecular weight excluding hydrogens is 521 g/mol. The van der Waals surface area contributed by atoms with Crippen LogP contribution in [-0.4, -0.2) is 53.2 Å². The number of alkyl halides is 3. The van der Waals surface area contributed by atoms with Gasteiger partial charge in [0.05, 0.1) is 28.7 Å². The number of hydrogen-bond acceptors (Lipinski definition) is 9. The van der Waals surface area contributed by atoms with E-state index in [1.807, 2.05) is 6.07 Å². The number of thiazole rings is 1. The van der Waals surface area contributed by atoms with E-state index in [-0.39, 0.29) is 23.8 Å². The third kappa shape index (κ3) is 6.18. The van der Waals surface area contributed by atoms with Crippen molar-refractivity contribution in [2.24, 2.45) is 0 Å². The molecule has 0 aliphatic carbocycles. The number of benzene rings is 2. The molecule has 198 valence electrons. The second kappa shape index (κ2) is 10.9. The van der Waals surface area contributed by atoms with Gasteiger partial charge in [0.25, 0.3) is 0 Å². The molecule has 13 heteroatoms. The van der Waals surface area contributed by atoms with Crippen LogP contribution in [0.5, 0.6) is 11.6 Å². The summed E-state index contributed by atoms with van der Waals surface area (Å²) >= 11 is 1.30. The average molecular weight is 545 g/mol. The van der Waals surface area contributed by atoms with Gasteiger partial charge >= 0.3 is 6.18 Å². The SMILES string of the molecule is CC(=O)Nc1nc2c(Oc3cc(-c4ccc(C(F)(F)F)cc4)nc(NC[C@@H]4CNCCO4)n3)cccc2s1. The van der Waals surface area contributed by atoms with Gasteiger partial charge in [-0.25, -0.2) is 9.97 Å². The smallest absolute Gasteiger partial charge is 0.416 e. The Kier molecular flexibility index (Phi) is 7.40. The predicted molar refractivity (Wildman–Crippen MR) is 138 cm³/mol. The zero-order chi connectivity index (χ0) is 26.7. The van der Waals surface area contributed by atoms with Gasteiger partial charge in [0, 0.05) is 38.2 Å². The normalized spacial score (nSPS) is 15.8. The molecule has 9 nitrogen and oxygen atoms in total. The van der Waals surface area contributed by atoms with E-state index in [9.17, 15) is 18.0 Å². The molecule has 3 N–H and O–H groups in total. The first-order valence-electron chi connectivity index (χ1n) is 11.7. The Labute approximate surface area is 219 Å². The third-order valence-electron chi connectivity index (χ3n) is 5.58. The van der Waals surface area contributed by atoms with E-state index in [2.05, 4.69) is 30.9 Å². The molecule has 0 unspecified atom stereocenters. The maximum Gasteiger partial charge on any atom is 0.416 e. The van der Waals surface area contributed by atoms with Crippen LogP contribution >= 0.6 is 11.3 Å². The fourth-order valence-electron chi connectivity index (χ4n) is 3.81. The number of nitrogens with one attached hydrogen (secondary N) is 3. The van der Waals surface area contributed by atoms with Gasteiger partial charge in [-0.1, -0.05) is 29.5 Å². The molecule has 0 radical (unpaired) electrons. The van der Waals surface area contributed by atoms with Gasteiger partial charge in [-0.3, -0.25) is 4.79 Å². The molecule has 1 aliphatic rings. The van der Waals surface area contributed by atoms with E-state index in [0.29, 0.717) is 47.4 Å². The van der Waals surface area contributed by atoms with Gasteiger partial charge in [0.1, 0.15) is 5.52 Å². The number of para-hydroxylation sites is 1. The topological polar surface area (TPSA) is 110 Å². The highest BCUT2D eigenvalue weighted by Crippen LogP contribution is 2.36. The molecule has 1 atom stereocenters. The van der Waals surface area contributed by atoms with E-state index < -0.39 is 11.7 Å². The summed E-state index contributed by atoms with van der Waals surface area (Å²) in [4.78, 5) is 24.9. The number of fused-ring (bicyclic) bond motifs is 1. The number of morpholine rings is 1. The molecule has 3 heterocycles. The fourth-order valence-corrected chi connectivity index (χ4v) is 4.74. The Balaban J connectivity index is 1.47. The lowest BCUT2D eigenvalue weighted by atomic mass is 10.1. The summed E-state index contributed by atoms with van der Waals surface area (Å²) in [6.07, 6.45) is -4.54. The van der Waals surface area contributed by atoms with Crippen LogP contribution in [0.4, 0.5) is 24.3 Å². The first-order valence-corrected chi connectivity index (χ1v) is 12.5. The minimum absolute atomic E-state index is 0.0950. The number of anilines is 2. The van der Waals surface area contributed by atoms with Crippen LogP contribution < -0.4 is 20.7 Å². The molecule has 2 aromatic heterocycles. The molecule has 0 saturated carbocycles. The summed E-state index contributed by atoms with van der Waals surface area (Å²) in [7, 11) is 0. The molecule has 4 aromatic rings. The lowest BCUT2D eigenvalue weighted by molar-refractivity contribution is -0.137. The lowest BCUT2D eigenvalue weighted by Crippen LogP contribution is -2.42. The highest BCUT2D eigenvalue weighted by molar-refractivity contribution is 7.22. The number of hydrogen-bond donors (Lipinski definition) is 3. The van der Waals surface area contributed by atoms with Gasteiger partial charge in [-0.2, -0.15) is 18.2 Å². The Hall–Kier alpha value is -3.81. The number of ether oxygens (including phenoxy) is 2. The number of halogens is 3. The van der Waals surface area contributed by atoms with Gasteiger partial charge in [-0.05, 0) is 24.3 Å². The second-order valence-corrected chi connectivity index (χ2v) is 9.50. The average Bonchev–Trinajstić information content (AvgIpc) is 3.30. The van der Waals surface area contributed by atoms with Crippen molar-refractivity contribution in [2.45, 2.75) is 19.2 Å². The van der Waals surface area contributed by atoms with Crippen molar-refractivity contribution in [1.29, 1.82) is 0 Å². The van der Waals surface area contributed by atoms with Gasteiger partial charge in [0.15, 0.2) is 10.9 Å². The zero-order valence-electron chi connectivity index (χ0n) is 20.1. The number of nitrogens with zero attached hydrogens (tertiary/aromatic N) is 3. The highest BCUT2D eigenvalue weighted by atomic mass is 32.1. The van der Waals surface area contributed by atoms with E-state index >= 15 is 0 Å². The Morgan fingerprint density at radius 1 is 1.18 bits per heavy atom. The zero-order valence-corrected chi connectivity index (χ0v) is 20.9. The summed E-state index contributed by atoms with van der Waals surface area (Å²) in [6, 6.07) is 11.6. The van der Waals surface area contributed by atoms with Crippen molar-refractivity contribution in [3.05, 3.63) is 54.1 Å². The van der Waals surface area contributed by atoms with Crippen molar-refractivity contribution >= 4 is 38.5 Å². The van der Waals surface area contributed by atoms with Crippen LogP contribution in [0.15, 0.2) is 48.5 Å². The van der Waals surface area contributed by atoms with Crippen molar-refractivity contribution in [3.63, 3.8) is 0 Å². The van der Waals surface area contributed by atoms with Crippen LogP contribution in [0.2, 0.25) is 0 Å². The molecule has 1 amide bonds. The summed E-state index contributed by atoms with van der Waals surface area (Å²) in [5.74, 6) is 0.562. The van der Waals surface area contributed by atoms with E-state index in [4.69, 9.17) is 9.47 Å². The van der Waals surface area contributed by atoms with Gasteiger partial charge in [-0.15, -0.1) is 0 Å². The molecule has 1 aliphatic heterocycles. The number of carbonyl (C=O) groups excluding carboxylic acids is 1. The number of carbonyl (C=O) groups is 1. The van der Waals surface area contributed by atoms with E-state index in [1.54, 1.807) is 18.2 Å². The van der Waals surface area contributed by atoms with Gasteiger partial charge < -0.3 is 25.4 Å². The van der Waals surface area contributed by atoms with Crippen LogP contribution in [0, 0.1) is 0 Å². The summed E-state index contributed by atoms with van der Waals surface area (Å²) < 4.78 is 51.8. The first-order chi connectivity index (χ1) is 18.2. The fraction of sp³-hybridized carbons (Fsp3) is 0.280. The third-order valence-corrected chi connectivity index (χ3v) is 6.52. The summed E-state index contributed by atoms with van der Waals surface area (Å²) in [5.41, 5.74) is 0.617. The van der Waals surface area contributed by atoms with Crippen LogP contribution in [0.1, 0.15) is 12.5 Å². The van der Waals surface area contributed by atoms with E-state index in [1.165, 1.54) is 30.4 Å². The predicted octanol–water partition coefficient (Wildman–Crippen LogP) is 4.92. The maximum atomic E-state index is 13.1. The molecule has 1 saturated heterocycles. The Bertz CT molecular complexity index is 1440. The van der Waals surface area contributed by atoms with Crippen molar-refractivity contribution < 1.29 is 27.4 Å². The molecular formula is C25H23F3N6O3S. The first kappa shape index (κ1) is 25.8. The summed E-state index contributed by atoms with van der Waals surface area (Å²) in [5, 5.41) is 9.49. The number of amides is 1. The second-order valence-electron chi connectivity index (χ2n) is 8.47. The molecule has 38 heavy (non-hydrogen) atoms. The number of aromatic nitrogens is 3. The molecule has 1 fully saturated rings. The summed E-state index contributed by atoms with van der Waals surface area (Å²) in [6.45, 7) is 3.85. The van der Waals surface area contributed by atoms with Crippen LogP contribution in [-0.2, 0) is 15.7 Å². The quantitative estimate of drug-likeness (QED) is 0.301. The molecule has 5 rings (SSSR count). The minimum Gasteiger partial charge on any atom is -0.437 e.